The number of fused-ring (bicyclic) bond motifs is 1. The van der Waals surface area contributed by atoms with Crippen LogP contribution in [0.3, 0.4) is 0 Å². The van der Waals surface area contributed by atoms with E-state index in [0.29, 0.717) is 6.04 Å². The third kappa shape index (κ3) is 4.14. The maximum absolute atomic E-state index is 6.40. The van der Waals surface area contributed by atoms with E-state index in [1.807, 2.05) is 0 Å². The molecule has 0 N–H and O–H groups in total. The molecular weight excluding hydrogens is 294 g/mol. The third-order valence-corrected chi connectivity index (χ3v) is 6.15. The molecule has 0 spiro atoms. The number of nitrogens with zero attached hydrogens (tertiary/aromatic N) is 1. The zero-order valence-corrected chi connectivity index (χ0v) is 15.9. The van der Waals surface area contributed by atoms with Crippen LogP contribution < -0.4 is 0 Å². The molecular formula is C22H35NO. The van der Waals surface area contributed by atoms with Gasteiger partial charge in [0.15, 0.2) is 0 Å². The van der Waals surface area contributed by atoms with Crippen molar-refractivity contribution in [2.75, 3.05) is 6.54 Å². The average molecular weight is 330 g/mol. The first-order valence-electron chi connectivity index (χ1n) is 10.1. The molecule has 0 aromatic rings. The highest BCUT2D eigenvalue weighted by atomic mass is 16.7. The lowest BCUT2D eigenvalue weighted by molar-refractivity contribution is -0.187. The van der Waals surface area contributed by atoms with Gasteiger partial charge in [-0.15, -0.1) is 5.06 Å². The molecule has 2 aliphatic carbocycles. The van der Waals surface area contributed by atoms with Crippen LogP contribution in [0, 0.1) is 11.3 Å². The van der Waals surface area contributed by atoms with Crippen molar-refractivity contribution in [1.29, 1.82) is 0 Å². The van der Waals surface area contributed by atoms with Crippen molar-refractivity contribution in [2.24, 2.45) is 11.3 Å². The van der Waals surface area contributed by atoms with Gasteiger partial charge >= 0.3 is 0 Å². The molecule has 0 amide bonds. The summed E-state index contributed by atoms with van der Waals surface area (Å²) in [6.07, 6.45) is 20.7. The van der Waals surface area contributed by atoms with Crippen LogP contribution in [0.2, 0.25) is 0 Å². The highest BCUT2D eigenvalue weighted by molar-refractivity contribution is 5.33. The van der Waals surface area contributed by atoms with Crippen LogP contribution in [0.5, 0.6) is 0 Å². The fraction of sp³-hybridized carbons (Fsp3) is 0.727. The van der Waals surface area contributed by atoms with Crippen molar-refractivity contribution < 1.29 is 4.84 Å². The lowest BCUT2D eigenvalue weighted by Gasteiger charge is -2.43. The second kappa shape index (κ2) is 7.91. The number of piperidine rings is 1. The molecule has 0 bridgehead atoms. The average Bonchev–Trinajstić information content (AvgIpc) is 2.81. The van der Waals surface area contributed by atoms with Crippen LogP contribution in [0.1, 0.15) is 78.6 Å². The monoisotopic (exact) mass is 329 g/mol. The summed E-state index contributed by atoms with van der Waals surface area (Å²) < 4.78 is 0. The number of hydrogen-bond donors (Lipinski definition) is 0. The molecule has 1 heterocycles. The molecule has 1 aliphatic heterocycles. The van der Waals surface area contributed by atoms with Crippen molar-refractivity contribution in [3.63, 3.8) is 0 Å². The molecule has 0 aromatic heterocycles. The second-order valence-electron chi connectivity index (χ2n) is 8.48. The molecule has 0 radical (unpaired) electrons. The van der Waals surface area contributed by atoms with E-state index in [-0.39, 0.29) is 5.41 Å². The fourth-order valence-electron chi connectivity index (χ4n) is 4.74. The van der Waals surface area contributed by atoms with E-state index in [0.717, 1.165) is 24.6 Å². The van der Waals surface area contributed by atoms with Gasteiger partial charge in [-0.3, -0.25) is 0 Å². The molecule has 24 heavy (non-hydrogen) atoms. The van der Waals surface area contributed by atoms with Gasteiger partial charge in [-0.05, 0) is 55.1 Å². The van der Waals surface area contributed by atoms with Gasteiger partial charge < -0.3 is 4.84 Å². The summed E-state index contributed by atoms with van der Waals surface area (Å²) in [5, 5.41) is 2.32. The van der Waals surface area contributed by atoms with Gasteiger partial charge in [0.25, 0.3) is 0 Å². The Hall–Kier alpha value is -1.02. The van der Waals surface area contributed by atoms with Crippen molar-refractivity contribution in [2.45, 2.75) is 84.6 Å². The van der Waals surface area contributed by atoms with E-state index in [4.69, 9.17) is 4.84 Å². The quantitative estimate of drug-likeness (QED) is 0.598. The minimum absolute atomic E-state index is 0.247. The largest absolute Gasteiger partial charge is 0.410 e. The first-order valence-corrected chi connectivity index (χ1v) is 10.1. The molecule has 2 heteroatoms. The molecule has 134 valence electrons. The highest BCUT2D eigenvalue weighted by Gasteiger charge is 2.34. The number of hydroxylamine groups is 2. The predicted octanol–water partition coefficient (Wildman–Crippen LogP) is 6.17. The molecule has 2 unspecified atom stereocenters. The number of rotatable bonds is 5. The Morgan fingerprint density at radius 2 is 1.92 bits per heavy atom. The summed E-state index contributed by atoms with van der Waals surface area (Å²) in [5.74, 6) is 1.98. The van der Waals surface area contributed by atoms with Gasteiger partial charge in [-0.2, -0.15) is 0 Å². The molecule has 0 aromatic carbocycles. The van der Waals surface area contributed by atoms with E-state index < -0.39 is 0 Å². The highest BCUT2D eigenvalue weighted by Crippen LogP contribution is 2.37. The molecule has 2 atom stereocenters. The minimum atomic E-state index is 0.247. The number of hydrogen-bond acceptors (Lipinski definition) is 2. The van der Waals surface area contributed by atoms with E-state index in [2.05, 4.69) is 50.1 Å². The van der Waals surface area contributed by atoms with E-state index in [1.54, 1.807) is 0 Å². The van der Waals surface area contributed by atoms with Crippen molar-refractivity contribution in [1.82, 2.24) is 5.06 Å². The summed E-state index contributed by atoms with van der Waals surface area (Å²) in [4.78, 5) is 6.40. The van der Waals surface area contributed by atoms with Crippen molar-refractivity contribution >= 4 is 0 Å². The maximum Gasteiger partial charge on any atom is 0.128 e. The van der Waals surface area contributed by atoms with E-state index >= 15 is 0 Å². The summed E-state index contributed by atoms with van der Waals surface area (Å²) in [7, 11) is 0. The molecule has 1 saturated carbocycles. The zero-order valence-electron chi connectivity index (χ0n) is 15.9. The van der Waals surface area contributed by atoms with Crippen LogP contribution >= 0.6 is 0 Å². The van der Waals surface area contributed by atoms with Crippen LogP contribution in [0.15, 0.2) is 35.6 Å². The van der Waals surface area contributed by atoms with Gasteiger partial charge in [-0.25, -0.2) is 0 Å². The standard InChI is InChI=1S/C22H35NO/c1-4-16-22(2,3)19-11-7-12-20(15-14-19)24-23-17-8-10-18-9-5-6-13-21(18)23/h7,11,14-15,18,21H,4-6,8-10,12-13,16-17H2,1-3H3. The molecule has 2 fully saturated rings. The SMILES string of the molecule is CCCC(C)(C)C1=CC=C(ON2CCCC3CCCCC32)CC=C1. The van der Waals surface area contributed by atoms with E-state index in [9.17, 15) is 0 Å². The normalized spacial score (nSPS) is 28.6. The van der Waals surface area contributed by atoms with Crippen LogP contribution in [0.25, 0.3) is 0 Å². The maximum atomic E-state index is 6.40. The summed E-state index contributed by atoms with van der Waals surface area (Å²) in [6.45, 7) is 8.07. The van der Waals surface area contributed by atoms with Gasteiger partial charge in [0.05, 0.1) is 0 Å². The Morgan fingerprint density at radius 1 is 1.12 bits per heavy atom. The molecule has 2 nitrogen and oxygen atoms in total. The smallest absolute Gasteiger partial charge is 0.128 e. The molecule has 3 rings (SSSR count). The Morgan fingerprint density at radius 3 is 2.75 bits per heavy atom. The first-order chi connectivity index (χ1) is 11.6. The lowest BCUT2D eigenvalue weighted by atomic mass is 9.79. The third-order valence-electron chi connectivity index (χ3n) is 6.15. The van der Waals surface area contributed by atoms with Crippen molar-refractivity contribution in [3.05, 3.63) is 35.6 Å². The van der Waals surface area contributed by atoms with Crippen molar-refractivity contribution in [3.8, 4) is 0 Å². The van der Waals surface area contributed by atoms with Crippen LogP contribution in [-0.2, 0) is 4.84 Å². The van der Waals surface area contributed by atoms with Gasteiger partial charge in [-0.1, -0.05) is 58.3 Å². The summed E-state index contributed by atoms with van der Waals surface area (Å²) in [5.41, 5.74) is 1.67. The first kappa shape index (κ1) is 17.8. The van der Waals surface area contributed by atoms with Gasteiger partial charge in [0.2, 0.25) is 0 Å². The fourth-order valence-corrected chi connectivity index (χ4v) is 4.74. The Kier molecular flexibility index (Phi) is 5.86. The minimum Gasteiger partial charge on any atom is -0.410 e. The molecule has 3 aliphatic rings. The Labute approximate surface area is 148 Å². The van der Waals surface area contributed by atoms with Crippen LogP contribution in [-0.4, -0.2) is 17.6 Å². The number of allylic oxidation sites excluding steroid dienone is 5. The second-order valence-corrected chi connectivity index (χ2v) is 8.48. The van der Waals surface area contributed by atoms with Gasteiger partial charge in [0.1, 0.15) is 5.76 Å². The van der Waals surface area contributed by atoms with Gasteiger partial charge in [0, 0.05) is 19.0 Å². The summed E-state index contributed by atoms with van der Waals surface area (Å²) >= 11 is 0. The lowest BCUT2D eigenvalue weighted by Crippen LogP contribution is -2.46. The summed E-state index contributed by atoms with van der Waals surface area (Å²) in [6, 6.07) is 0.653. The predicted molar refractivity (Wildman–Crippen MR) is 101 cm³/mol. The topological polar surface area (TPSA) is 12.5 Å². The van der Waals surface area contributed by atoms with Crippen LogP contribution in [0.4, 0.5) is 0 Å². The zero-order chi connectivity index (χ0) is 17.0. The molecule has 1 saturated heterocycles. The Balaban J connectivity index is 1.68. The van der Waals surface area contributed by atoms with E-state index in [1.165, 1.54) is 56.9 Å². The Bertz CT molecular complexity index is 512.